The van der Waals surface area contributed by atoms with Crippen molar-refractivity contribution in [3.8, 4) is 11.5 Å². The molecule has 1 N–H and O–H groups in total. The van der Waals surface area contributed by atoms with Gasteiger partial charge in [0.15, 0.2) is 5.71 Å². The molecule has 0 spiro atoms. The molecule has 0 aliphatic carbocycles. The van der Waals surface area contributed by atoms with Gasteiger partial charge in [-0.15, -0.1) is 0 Å². The van der Waals surface area contributed by atoms with Gasteiger partial charge in [0.2, 0.25) is 0 Å². The summed E-state index contributed by atoms with van der Waals surface area (Å²) in [6.45, 7) is 1.78. The van der Waals surface area contributed by atoms with Gasteiger partial charge in [-0.05, 0) is 55.0 Å². The van der Waals surface area contributed by atoms with Crippen LogP contribution >= 0.6 is 0 Å². The highest BCUT2D eigenvalue weighted by Crippen LogP contribution is 2.25. The molecule has 14 heteroatoms. The summed E-state index contributed by atoms with van der Waals surface area (Å²) in [6, 6.07) is 9.41. The molecule has 0 unspecified atom stereocenters. The molecule has 2 aromatic carbocycles. The lowest BCUT2D eigenvalue weighted by Gasteiger charge is -2.12. The van der Waals surface area contributed by atoms with Crippen LogP contribution in [-0.4, -0.2) is 51.2 Å². The van der Waals surface area contributed by atoms with Gasteiger partial charge in [-0.1, -0.05) is 12.1 Å². The second-order valence-electron chi connectivity index (χ2n) is 7.25. The van der Waals surface area contributed by atoms with Gasteiger partial charge < -0.3 is 9.47 Å². The highest BCUT2D eigenvalue weighted by atomic mass is 32.2. The Morgan fingerprint density at radius 2 is 1.31 bits per heavy atom. The van der Waals surface area contributed by atoms with E-state index < -0.39 is 45.2 Å². The number of halogens is 6. The first-order chi connectivity index (χ1) is 16.7. The summed E-state index contributed by atoms with van der Waals surface area (Å²) in [5.41, 5.74) is -3.70. The van der Waals surface area contributed by atoms with E-state index >= 15 is 0 Å². The molecule has 0 aliphatic rings. The molecule has 0 aromatic heterocycles. The molecular weight excluding hydrogens is 518 g/mol. The van der Waals surface area contributed by atoms with Crippen molar-refractivity contribution in [3.63, 3.8) is 0 Å². The predicted octanol–water partition coefficient (Wildman–Crippen LogP) is 5.49. The number of nitrogens with one attached hydrogen (secondary N) is 1. The fourth-order valence-electron chi connectivity index (χ4n) is 2.68. The van der Waals surface area contributed by atoms with Crippen molar-refractivity contribution in [2.24, 2.45) is 5.16 Å². The molecule has 36 heavy (non-hydrogen) atoms. The van der Waals surface area contributed by atoms with Gasteiger partial charge in [-0.25, -0.2) is 0 Å². The Balaban J connectivity index is 1.87. The van der Waals surface area contributed by atoms with Gasteiger partial charge in [0.1, 0.15) is 17.2 Å². The van der Waals surface area contributed by atoms with E-state index in [1.54, 1.807) is 0 Å². The minimum atomic E-state index is -4.97. The molecule has 2 rings (SSSR count). The third kappa shape index (κ3) is 9.06. The van der Waals surface area contributed by atoms with Crippen molar-refractivity contribution in [2.45, 2.75) is 32.1 Å². The number of hydrogen-bond donors (Lipinski definition) is 1. The average molecular weight is 540 g/mol. The summed E-state index contributed by atoms with van der Waals surface area (Å²) < 4.78 is 115. The predicted molar refractivity (Wildman–Crippen MR) is 119 cm³/mol. The smallest absolute Gasteiger partial charge is 0.437 e. The monoisotopic (exact) mass is 540 g/mol. The normalized spacial score (nSPS) is 12.8. The van der Waals surface area contributed by atoms with Gasteiger partial charge in [0.25, 0.3) is 0 Å². The van der Waals surface area contributed by atoms with Crippen LogP contribution in [0.25, 0.3) is 0 Å². The van der Waals surface area contributed by atoms with E-state index in [1.165, 1.54) is 31.2 Å². The Kier molecular flexibility index (Phi) is 9.73. The summed E-state index contributed by atoms with van der Waals surface area (Å²) in [6.07, 6.45) is -9.22. The van der Waals surface area contributed by atoms with E-state index in [2.05, 4.69) is 9.44 Å². The average Bonchev–Trinajstić information content (AvgIpc) is 2.78. The summed E-state index contributed by atoms with van der Waals surface area (Å²) in [5.74, 6) is 0.0432. The quantitative estimate of drug-likeness (QED) is 0.166. The Morgan fingerprint density at radius 3 is 1.72 bits per heavy atom. The second-order valence-corrected chi connectivity index (χ2v) is 8.92. The Hall–Kier alpha value is -3.29. The molecule has 0 fully saturated rings. The maximum absolute atomic E-state index is 13.3. The molecular formula is C22H22F6N2O5S. The lowest BCUT2D eigenvalue weighted by atomic mass is 10.1. The first-order valence-corrected chi connectivity index (χ1v) is 12.0. The third-order valence-corrected chi connectivity index (χ3v) is 5.56. The maximum atomic E-state index is 13.3. The van der Waals surface area contributed by atoms with Crippen LogP contribution in [0.2, 0.25) is 0 Å². The van der Waals surface area contributed by atoms with Crippen molar-refractivity contribution >= 4 is 21.5 Å². The third-order valence-electron chi connectivity index (χ3n) is 4.35. The lowest BCUT2D eigenvalue weighted by molar-refractivity contribution is -0.0602. The van der Waals surface area contributed by atoms with Crippen LogP contribution in [0.3, 0.4) is 0 Å². The standard InChI is InChI=1S/C22H22F6N2O5S/c1-2-14-36(31,32)35-30-20(22(26,27)28)16-6-10-18(11-7-16)34-13-3-12-33-17-8-4-15(5-9-17)19(29)21(23,24)25/h4-11,29H,2-3,12-14H2,1H3. The molecule has 7 nitrogen and oxygen atoms in total. The fourth-order valence-corrected chi connectivity index (χ4v) is 3.44. The van der Waals surface area contributed by atoms with Gasteiger partial charge in [0, 0.05) is 17.5 Å². The first-order valence-electron chi connectivity index (χ1n) is 10.4. The molecule has 2 aromatic rings. The highest BCUT2D eigenvalue weighted by molar-refractivity contribution is 7.86. The van der Waals surface area contributed by atoms with Crippen LogP contribution in [-0.2, 0) is 14.4 Å². The molecule has 0 heterocycles. The minimum absolute atomic E-state index is 0.120. The topological polar surface area (TPSA) is 98.0 Å². The molecule has 0 saturated carbocycles. The zero-order valence-electron chi connectivity index (χ0n) is 18.8. The van der Waals surface area contributed by atoms with E-state index in [-0.39, 0.29) is 30.9 Å². The molecule has 0 saturated heterocycles. The molecule has 198 valence electrons. The SMILES string of the molecule is CCCS(=O)(=O)ON=C(c1ccc(OCCCOc2ccc(C(=N)C(F)(F)F)cc2)cc1)C(F)(F)F. The van der Waals surface area contributed by atoms with Crippen LogP contribution < -0.4 is 9.47 Å². The number of rotatable bonds is 12. The van der Waals surface area contributed by atoms with Gasteiger partial charge >= 0.3 is 22.5 Å². The number of benzene rings is 2. The number of alkyl halides is 6. The van der Waals surface area contributed by atoms with E-state index in [0.29, 0.717) is 12.2 Å². The maximum Gasteiger partial charge on any atom is 0.437 e. The molecule has 0 radical (unpaired) electrons. The van der Waals surface area contributed by atoms with Crippen molar-refractivity contribution < 1.29 is 48.5 Å². The van der Waals surface area contributed by atoms with Crippen LogP contribution in [0.15, 0.2) is 53.7 Å². The van der Waals surface area contributed by atoms with Gasteiger partial charge in [0.05, 0.1) is 19.0 Å². The number of nitrogens with zero attached hydrogens (tertiary/aromatic N) is 1. The summed E-state index contributed by atoms with van der Waals surface area (Å²) in [4.78, 5) is 0. The van der Waals surface area contributed by atoms with Crippen molar-refractivity contribution in [1.29, 1.82) is 5.41 Å². The Labute approximate surface area is 203 Å². The number of ether oxygens (including phenoxy) is 2. The number of hydrogen-bond acceptors (Lipinski definition) is 7. The van der Waals surface area contributed by atoms with Crippen LogP contribution in [0.1, 0.15) is 30.9 Å². The molecule has 0 aliphatic heterocycles. The Bertz CT molecular complexity index is 1150. The van der Waals surface area contributed by atoms with E-state index in [1.807, 2.05) is 0 Å². The van der Waals surface area contributed by atoms with Crippen molar-refractivity contribution in [2.75, 3.05) is 19.0 Å². The Morgan fingerprint density at radius 1 is 0.833 bits per heavy atom. The van der Waals surface area contributed by atoms with Crippen molar-refractivity contribution in [1.82, 2.24) is 0 Å². The summed E-state index contributed by atoms with van der Waals surface area (Å²) in [7, 11) is -4.23. The molecule has 0 amide bonds. The first kappa shape index (κ1) is 28.9. The summed E-state index contributed by atoms with van der Waals surface area (Å²) >= 11 is 0. The molecule has 0 bridgehead atoms. The lowest BCUT2D eigenvalue weighted by Crippen LogP contribution is -2.25. The minimum Gasteiger partial charge on any atom is -0.493 e. The van der Waals surface area contributed by atoms with Crippen LogP contribution in [0.5, 0.6) is 11.5 Å². The largest absolute Gasteiger partial charge is 0.493 e. The van der Waals surface area contributed by atoms with E-state index in [0.717, 1.165) is 24.3 Å². The van der Waals surface area contributed by atoms with E-state index in [9.17, 15) is 34.8 Å². The number of oxime groups is 1. The second kappa shape index (κ2) is 12.1. The van der Waals surface area contributed by atoms with E-state index in [4.69, 9.17) is 14.9 Å². The zero-order valence-corrected chi connectivity index (χ0v) is 19.6. The van der Waals surface area contributed by atoms with Crippen LogP contribution in [0, 0.1) is 5.41 Å². The summed E-state index contributed by atoms with van der Waals surface area (Å²) in [5, 5.41) is 9.89. The van der Waals surface area contributed by atoms with Crippen LogP contribution in [0.4, 0.5) is 26.3 Å². The zero-order chi connectivity index (χ0) is 27.0. The highest BCUT2D eigenvalue weighted by Gasteiger charge is 2.38. The fraction of sp³-hybridized carbons (Fsp3) is 0.364. The molecule has 0 atom stereocenters. The van der Waals surface area contributed by atoms with Gasteiger partial charge in [-0.3, -0.25) is 9.69 Å². The van der Waals surface area contributed by atoms with Gasteiger partial charge in [-0.2, -0.15) is 34.8 Å². The van der Waals surface area contributed by atoms with Crippen molar-refractivity contribution in [3.05, 3.63) is 59.7 Å².